The molecule has 1 aliphatic heterocycles. The molecule has 0 unspecified atom stereocenters. The van der Waals surface area contributed by atoms with Crippen LogP contribution in [-0.2, 0) is 21.9 Å². The number of carbonyl (C=O) groups excluding carboxylic acids is 1. The number of benzene rings is 2. The summed E-state index contributed by atoms with van der Waals surface area (Å²) in [5.41, 5.74) is 2.19. The van der Waals surface area contributed by atoms with E-state index in [2.05, 4.69) is 4.99 Å². The summed E-state index contributed by atoms with van der Waals surface area (Å²) in [5.74, 6) is -1.01. The first-order valence-electron chi connectivity index (χ1n) is 9.67. The number of aromatic nitrogens is 1. The summed E-state index contributed by atoms with van der Waals surface area (Å²) in [6.45, 7) is 2.50. The summed E-state index contributed by atoms with van der Waals surface area (Å²) in [6, 6.07) is 10.8. The molecule has 158 valence electrons. The molecule has 0 atom stereocenters. The second-order valence-corrected chi connectivity index (χ2v) is 10.4. The van der Waals surface area contributed by atoms with Crippen LogP contribution < -0.4 is 4.80 Å². The van der Waals surface area contributed by atoms with E-state index in [4.69, 9.17) is 0 Å². The van der Waals surface area contributed by atoms with Crippen LogP contribution in [0.1, 0.15) is 18.4 Å². The molecular formula is C21H22FN3O3S2. The van der Waals surface area contributed by atoms with Gasteiger partial charge in [0.15, 0.2) is 4.80 Å². The standard InChI is InChI=1S/C21H22FN3O3S2/c1-14-4-3-5-18-19(14)24(2)21(29-18)23-20(26)15-10-12-25(13-11-15)30(27,28)17-8-6-16(22)7-9-17/h3-9,15H,10-13H2,1-2H3. The molecule has 2 aromatic carbocycles. The van der Waals surface area contributed by atoms with Gasteiger partial charge in [-0.15, -0.1) is 0 Å². The van der Waals surface area contributed by atoms with Gasteiger partial charge >= 0.3 is 0 Å². The average molecular weight is 448 g/mol. The van der Waals surface area contributed by atoms with Gasteiger partial charge in [-0.2, -0.15) is 9.30 Å². The summed E-state index contributed by atoms with van der Waals surface area (Å²) >= 11 is 1.47. The molecule has 0 radical (unpaired) electrons. The Morgan fingerprint density at radius 1 is 1.13 bits per heavy atom. The molecular weight excluding hydrogens is 425 g/mol. The summed E-state index contributed by atoms with van der Waals surface area (Å²) in [7, 11) is -1.79. The summed E-state index contributed by atoms with van der Waals surface area (Å²) in [5, 5.41) is 0. The van der Waals surface area contributed by atoms with Gasteiger partial charge in [0, 0.05) is 26.1 Å². The molecule has 0 aliphatic carbocycles. The number of thiazole rings is 1. The van der Waals surface area contributed by atoms with E-state index in [1.165, 1.54) is 27.8 Å². The number of aryl methyl sites for hydroxylation is 2. The normalized spacial score (nSPS) is 17.0. The van der Waals surface area contributed by atoms with Crippen LogP contribution >= 0.6 is 11.3 Å². The summed E-state index contributed by atoms with van der Waals surface area (Å²) in [4.78, 5) is 17.8. The van der Waals surface area contributed by atoms with Crippen LogP contribution in [0, 0.1) is 18.7 Å². The Kier molecular flexibility index (Phi) is 5.61. The largest absolute Gasteiger partial charge is 0.319 e. The van der Waals surface area contributed by atoms with Crippen molar-refractivity contribution in [1.29, 1.82) is 0 Å². The second kappa shape index (κ2) is 8.05. The predicted molar refractivity (Wildman–Crippen MR) is 114 cm³/mol. The lowest BCUT2D eigenvalue weighted by molar-refractivity contribution is -0.122. The second-order valence-electron chi connectivity index (χ2n) is 7.45. The van der Waals surface area contributed by atoms with Crippen molar-refractivity contribution in [2.24, 2.45) is 18.0 Å². The number of piperidine rings is 1. The molecule has 0 saturated carbocycles. The van der Waals surface area contributed by atoms with Crippen LogP contribution in [0.25, 0.3) is 10.2 Å². The highest BCUT2D eigenvalue weighted by atomic mass is 32.2. The Morgan fingerprint density at radius 3 is 2.43 bits per heavy atom. The first-order valence-corrected chi connectivity index (χ1v) is 11.9. The van der Waals surface area contributed by atoms with Gasteiger partial charge in [-0.25, -0.2) is 12.8 Å². The van der Waals surface area contributed by atoms with Gasteiger partial charge in [-0.3, -0.25) is 4.79 Å². The van der Waals surface area contributed by atoms with E-state index in [1.807, 2.05) is 36.7 Å². The third-order valence-corrected chi connectivity index (χ3v) is 8.49. The van der Waals surface area contributed by atoms with Crippen LogP contribution in [0.3, 0.4) is 0 Å². The number of rotatable bonds is 3. The lowest BCUT2D eigenvalue weighted by Crippen LogP contribution is -2.40. The van der Waals surface area contributed by atoms with Crippen molar-refractivity contribution >= 4 is 37.5 Å². The minimum Gasteiger partial charge on any atom is -0.319 e. The molecule has 9 heteroatoms. The van der Waals surface area contributed by atoms with Crippen molar-refractivity contribution in [1.82, 2.24) is 8.87 Å². The number of halogens is 1. The van der Waals surface area contributed by atoms with Crippen molar-refractivity contribution in [2.75, 3.05) is 13.1 Å². The molecule has 3 aromatic rings. The molecule has 0 bridgehead atoms. The molecule has 0 spiro atoms. The smallest absolute Gasteiger partial charge is 0.251 e. The van der Waals surface area contributed by atoms with Gasteiger partial charge in [0.25, 0.3) is 5.91 Å². The fourth-order valence-electron chi connectivity index (χ4n) is 3.79. The van der Waals surface area contributed by atoms with Crippen molar-refractivity contribution < 1.29 is 17.6 Å². The molecule has 1 fully saturated rings. The van der Waals surface area contributed by atoms with E-state index in [0.29, 0.717) is 17.6 Å². The SMILES string of the molecule is Cc1cccc2sc(=NC(=O)C3CCN(S(=O)(=O)c4ccc(F)cc4)CC3)n(C)c12. The maximum atomic E-state index is 13.1. The highest BCUT2D eigenvalue weighted by molar-refractivity contribution is 7.89. The molecule has 1 aromatic heterocycles. The Hall–Kier alpha value is -2.36. The molecule has 30 heavy (non-hydrogen) atoms. The molecule has 1 aliphatic rings. The number of para-hydroxylation sites is 1. The zero-order valence-electron chi connectivity index (χ0n) is 16.7. The zero-order chi connectivity index (χ0) is 21.5. The maximum Gasteiger partial charge on any atom is 0.251 e. The predicted octanol–water partition coefficient (Wildman–Crippen LogP) is 3.22. The molecule has 2 heterocycles. The number of nitrogens with zero attached hydrogens (tertiary/aromatic N) is 3. The van der Waals surface area contributed by atoms with Crippen molar-refractivity contribution in [3.63, 3.8) is 0 Å². The number of hydrogen-bond acceptors (Lipinski definition) is 4. The molecule has 1 amide bonds. The Morgan fingerprint density at radius 2 is 1.80 bits per heavy atom. The number of sulfonamides is 1. The van der Waals surface area contributed by atoms with Crippen LogP contribution in [-0.4, -0.2) is 36.3 Å². The van der Waals surface area contributed by atoms with Gasteiger partial charge in [-0.1, -0.05) is 23.5 Å². The third-order valence-electron chi connectivity index (χ3n) is 5.48. The first kappa shape index (κ1) is 20.9. The molecule has 4 rings (SSSR count). The number of fused-ring (bicyclic) bond motifs is 1. The van der Waals surface area contributed by atoms with Gasteiger partial charge in [0.05, 0.1) is 15.1 Å². The molecule has 1 saturated heterocycles. The van der Waals surface area contributed by atoms with Crippen LogP contribution in [0.5, 0.6) is 0 Å². The van der Waals surface area contributed by atoms with Gasteiger partial charge in [0.2, 0.25) is 10.0 Å². The van der Waals surface area contributed by atoms with Gasteiger partial charge in [-0.05, 0) is 55.7 Å². The van der Waals surface area contributed by atoms with Gasteiger partial charge < -0.3 is 4.57 Å². The highest BCUT2D eigenvalue weighted by Gasteiger charge is 2.32. The Labute approximate surface area is 178 Å². The Balaban J connectivity index is 1.50. The number of carbonyl (C=O) groups is 1. The van der Waals surface area contributed by atoms with E-state index in [1.54, 1.807) is 0 Å². The number of hydrogen-bond donors (Lipinski definition) is 0. The van der Waals surface area contributed by atoms with Crippen LogP contribution in [0.2, 0.25) is 0 Å². The van der Waals surface area contributed by atoms with E-state index in [-0.39, 0.29) is 29.8 Å². The van der Waals surface area contributed by atoms with Gasteiger partial charge in [0.1, 0.15) is 5.82 Å². The fraction of sp³-hybridized carbons (Fsp3) is 0.333. The quantitative estimate of drug-likeness (QED) is 0.619. The minimum absolute atomic E-state index is 0.0611. The topological polar surface area (TPSA) is 71.7 Å². The zero-order valence-corrected chi connectivity index (χ0v) is 18.3. The van der Waals surface area contributed by atoms with Crippen LogP contribution in [0.15, 0.2) is 52.4 Å². The fourth-order valence-corrected chi connectivity index (χ4v) is 6.36. The van der Waals surface area contributed by atoms with E-state index in [0.717, 1.165) is 27.9 Å². The van der Waals surface area contributed by atoms with E-state index in [9.17, 15) is 17.6 Å². The molecule has 6 nitrogen and oxygen atoms in total. The van der Waals surface area contributed by atoms with Crippen molar-refractivity contribution in [3.05, 3.63) is 58.6 Å². The average Bonchev–Trinajstić information content (AvgIpc) is 3.05. The molecule has 0 N–H and O–H groups in total. The highest BCUT2D eigenvalue weighted by Crippen LogP contribution is 2.25. The lowest BCUT2D eigenvalue weighted by Gasteiger charge is -2.29. The Bertz CT molecular complexity index is 1270. The van der Waals surface area contributed by atoms with Crippen molar-refractivity contribution in [2.45, 2.75) is 24.7 Å². The van der Waals surface area contributed by atoms with E-state index >= 15 is 0 Å². The monoisotopic (exact) mass is 447 g/mol. The minimum atomic E-state index is -3.69. The van der Waals surface area contributed by atoms with Crippen molar-refractivity contribution in [3.8, 4) is 0 Å². The van der Waals surface area contributed by atoms with Crippen LogP contribution in [0.4, 0.5) is 4.39 Å². The first-order chi connectivity index (χ1) is 14.3. The maximum absolute atomic E-state index is 13.1. The van der Waals surface area contributed by atoms with E-state index < -0.39 is 15.8 Å². The third kappa shape index (κ3) is 3.84. The lowest BCUT2D eigenvalue weighted by atomic mass is 9.98. The summed E-state index contributed by atoms with van der Waals surface area (Å²) < 4.78 is 42.9. The summed E-state index contributed by atoms with van der Waals surface area (Å²) in [6.07, 6.45) is 0.826. The number of amides is 1.